The second-order valence-corrected chi connectivity index (χ2v) is 9.72. The number of amides is 2. The van der Waals surface area contributed by atoms with Gasteiger partial charge in [-0.2, -0.15) is 0 Å². The minimum absolute atomic E-state index is 0.0373. The zero-order valence-electron chi connectivity index (χ0n) is 19.1. The van der Waals surface area contributed by atoms with Crippen LogP contribution in [0.1, 0.15) is 40.2 Å². The number of nitrogens with one attached hydrogen (secondary N) is 1. The van der Waals surface area contributed by atoms with E-state index in [0.29, 0.717) is 24.9 Å². The molecule has 0 bridgehead atoms. The van der Waals surface area contributed by atoms with Gasteiger partial charge >= 0.3 is 6.09 Å². The molecule has 0 radical (unpaired) electrons. The molecule has 3 aromatic rings. The molecule has 1 fully saturated rings. The third-order valence-corrected chi connectivity index (χ3v) is 7.24. The number of ether oxygens (including phenoxy) is 1. The lowest BCUT2D eigenvalue weighted by Crippen LogP contribution is -2.47. The Balaban J connectivity index is 1.20. The van der Waals surface area contributed by atoms with E-state index in [0.717, 1.165) is 26.7 Å². The number of halogens is 1. The van der Waals surface area contributed by atoms with Crippen molar-refractivity contribution in [2.24, 2.45) is 0 Å². The molecule has 1 aliphatic carbocycles. The highest BCUT2D eigenvalue weighted by molar-refractivity contribution is 9.10. The molecule has 1 heterocycles. The number of nitrogens with zero attached hydrogens (tertiary/aromatic N) is 1. The van der Waals surface area contributed by atoms with Crippen LogP contribution in [0, 0.1) is 0 Å². The molecule has 0 saturated carbocycles. The van der Waals surface area contributed by atoms with Crippen LogP contribution in [0.2, 0.25) is 0 Å². The molecule has 35 heavy (non-hydrogen) atoms. The number of hydrogen-bond acceptors (Lipinski definition) is 4. The standard InChI is InChI=1S/C28H25BrN2O4/c29-19-13-11-18(12-14-19)26(32)16-30-27(33)25-10-5-15-31(25)28(34)35-17-24-22-8-3-1-6-20(22)21-7-2-4-9-23(21)24/h1-4,6-9,11-14,24-25H,5,10,15-17H2,(H,30,33)/t25-/m0/s1. The van der Waals surface area contributed by atoms with Gasteiger partial charge < -0.3 is 10.1 Å². The predicted molar refractivity (Wildman–Crippen MR) is 136 cm³/mol. The van der Waals surface area contributed by atoms with Crippen LogP contribution in [0.15, 0.2) is 77.3 Å². The number of carbonyl (C=O) groups is 3. The Morgan fingerprint density at radius 3 is 2.20 bits per heavy atom. The van der Waals surface area contributed by atoms with Gasteiger partial charge in [0.1, 0.15) is 12.6 Å². The molecule has 2 amide bonds. The highest BCUT2D eigenvalue weighted by Crippen LogP contribution is 2.44. The van der Waals surface area contributed by atoms with Crippen molar-refractivity contribution in [3.63, 3.8) is 0 Å². The Morgan fingerprint density at radius 2 is 1.54 bits per heavy atom. The largest absolute Gasteiger partial charge is 0.448 e. The highest BCUT2D eigenvalue weighted by atomic mass is 79.9. The number of carbonyl (C=O) groups excluding carboxylic acids is 3. The van der Waals surface area contributed by atoms with Crippen LogP contribution in [0.3, 0.4) is 0 Å². The molecule has 0 unspecified atom stereocenters. The Labute approximate surface area is 212 Å². The van der Waals surface area contributed by atoms with Crippen molar-refractivity contribution in [2.45, 2.75) is 24.8 Å². The molecule has 7 heteroatoms. The van der Waals surface area contributed by atoms with Crippen LogP contribution in [0.5, 0.6) is 0 Å². The maximum absolute atomic E-state index is 13.0. The summed E-state index contributed by atoms with van der Waals surface area (Å²) in [6, 6.07) is 22.7. The molecule has 5 rings (SSSR count). The second-order valence-electron chi connectivity index (χ2n) is 8.80. The quantitative estimate of drug-likeness (QED) is 0.445. The van der Waals surface area contributed by atoms with E-state index < -0.39 is 12.1 Å². The van der Waals surface area contributed by atoms with Gasteiger partial charge in [-0.1, -0.05) is 76.6 Å². The Kier molecular flexibility index (Phi) is 6.68. The van der Waals surface area contributed by atoms with Crippen molar-refractivity contribution in [1.29, 1.82) is 0 Å². The Bertz CT molecular complexity index is 1230. The zero-order chi connectivity index (χ0) is 24.4. The zero-order valence-corrected chi connectivity index (χ0v) is 20.7. The number of benzene rings is 3. The van der Waals surface area contributed by atoms with Crippen molar-refractivity contribution in [2.75, 3.05) is 19.7 Å². The molecular formula is C28H25BrN2O4. The van der Waals surface area contributed by atoms with Crippen LogP contribution < -0.4 is 5.32 Å². The average Bonchev–Trinajstić information content (AvgIpc) is 3.50. The van der Waals surface area contributed by atoms with E-state index in [1.807, 2.05) is 24.3 Å². The monoisotopic (exact) mass is 532 g/mol. The number of rotatable bonds is 6. The van der Waals surface area contributed by atoms with Crippen molar-refractivity contribution in [3.05, 3.63) is 94.0 Å². The molecule has 0 aromatic heterocycles. The first kappa shape index (κ1) is 23.3. The topological polar surface area (TPSA) is 75.7 Å². The molecule has 1 N–H and O–H groups in total. The first-order valence-electron chi connectivity index (χ1n) is 11.7. The lowest BCUT2D eigenvalue weighted by molar-refractivity contribution is -0.124. The van der Waals surface area contributed by atoms with E-state index in [4.69, 9.17) is 4.74 Å². The third-order valence-electron chi connectivity index (χ3n) is 6.72. The Hall–Kier alpha value is -3.45. The molecule has 2 aliphatic rings. The van der Waals surface area contributed by atoms with Crippen molar-refractivity contribution >= 4 is 33.7 Å². The van der Waals surface area contributed by atoms with E-state index in [9.17, 15) is 14.4 Å². The smallest absolute Gasteiger partial charge is 0.410 e. The number of Topliss-reactive ketones (excluding diaryl/α,β-unsaturated/α-hetero) is 1. The molecule has 1 aliphatic heterocycles. The predicted octanol–water partition coefficient (Wildman–Crippen LogP) is 5.16. The maximum atomic E-state index is 13.0. The molecule has 3 aromatic carbocycles. The van der Waals surface area contributed by atoms with Gasteiger partial charge in [0.15, 0.2) is 5.78 Å². The average molecular weight is 533 g/mol. The highest BCUT2D eigenvalue weighted by Gasteiger charge is 2.36. The minimum Gasteiger partial charge on any atom is -0.448 e. The lowest BCUT2D eigenvalue weighted by Gasteiger charge is -2.24. The van der Waals surface area contributed by atoms with Gasteiger partial charge in [0.25, 0.3) is 0 Å². The van der Waals surface area contributed by atoms with Gasteiger partial charge in [0.2, 0.25) is 5.91 Å². The summed E-state index contributed by atoms with van der Waals surface area (Å²) in [6.45, 7) is 0.546. The fourth-order valence-electron chi connectivity index (χ4n) is 4.96. The van der Waals surface area contributed by atoms with Gasteiger partial charge in [0, 0.05) is 22.5 Å². The lowest BCUT2D eigenvalue weighted by atomic mass is 9.98. The maximum Gasteiger partial charge on any atom is 0.410 e. The van der Waals surface area contributed by atoms with E-state index in [1.54, 1.807) is 24.3 Å². The summed E-state index contributed by atoms with van der Waals surface area (Å²) in [5.74, 6) is -0.553. The van der Waals surface area contributed by atoms with Crippen LogP contribution in [0.4, 0.5) is 4.79 Å². The summed E-state index contributed by atoms with van der Waals surface area (Å²) in [6.07, 6.45) is 0.759. The third kappa shape index (κ3) is 4.73. The molecule has 6 nitrogen and oxygen atoms in total. The summed E-state index contributed by atoms with van der Waals surface area (Å²) in [7, 11) is 0. The summed E-state index contributed by atoms with van der Waals surface area (Å²) < 4.78 is 6.62. The minimum atomic E-state index is -0.636. The SMILES string of the molecule is O=C(CNC(=O)[C@@H]1CCCN1C(=O)OCC1c2ccccc2-c2ccccc21)c1ccc(Br)cc1. The summed E-state index contributed by atoms with van der Waals surface area (Å²) >= 11 is 3.34. The van der Waals surface area contributed by atoms with Crippen LogP contribution >= 0.6 is 15.9 Å². The van der Waals surface area contributed by atoms with Crippen LogP contribution in [0.25, 0.3) is 11.1 Å². The molecular weight excluding hydrogens is 508 g/mol. The molecule has 1 atom stereocenters. The fourth-order valence-corrected chi connectivity index (χ4v) is 5.22. The number of likely N-dealkylation sites (tertiary alicyclic amines) is 1. The number of hydrogen-bond donors (Lipinski definition) is 1. The molecule has 178 valence electrons. The van der Waals surface area contributed by atoms with Gasteiger partial charge in [-0.05, 0) is 47.2 Å². The first-order valence-corrected chi connectivity index (χ1v) is 12.5. The first-order chi connectivity index (χ1) is 17.0. The number of fused-ring (bicyclic) bond motifs is 3. The Morgan fingerprint density at radius 1 is 0.914 bits per heavy atom. The fraction of sp³-hybridized carbons (Fsp3) is 0.250. The van der Waals surface area contributed by atoms with Gasteiger partial charge in [-0.3, -0.25) is 14.5 Å². The second kappa shape index (κ2) is 10.0. The summed E-state index contributed by atoms with van der Waals surface area (Å²) in [4.78, 5) is 39.7. The van der Waals surface area contributed by atoms with E-state index in [-0.39, 0.29) is 30.8 Å². The number of ketones is 1. The molecule has 1 saturated heterocycles. The normalized spacial score (nSPS) is 16.5. The van der Waals surface area contributed by atoms with Crippen molar-refractivity contribution < 1.29 is 19.1 Å². The van der Waals surface area contributed by atoms with Crippen molar-refractivity contribution in [1.82, 2.24) is 10.2 Å². The molecule has 0 spiro atoms. The van der Waals surface area contributed by atoms with E-state index in [1.165, 1.54) is 4.90 Å². The summed E-state index contributed by atoms with van der Waals surface area (Å²) in [5.41, 5.74) is 5.14. The van der Waals surface area contributed by atoms with E-state index in [2.05, 4.69) is 45.5 Å². The van der Waals surface area contributed by atoms with Crippen molar-refractivity contribution in [3.8, 4) is 11.1 Å². The van der Waals surface area contributed by atoms with Gasteiger partial charge in [-0.25, -0.2) is 4.79 Å². The summed E-state index contributed by atoms with van der Waals surface area (Å²) in [5, 5.41) is 2.70. The van der Waals surface area contributed by atoms with Gasteiger partial charge in [0.05, 0.1) is 6.54 Å². The van der Waals surface area contributed by atoms with Crippen LogP contribution in [-0.2, 0) is 9.53 Å². The van der Waals surface area contributed by atoms with Gasteiger partial charge in [-0.15, -0.1) is 0 Å². The van der Waals surface area contributed by atoms with Crippen LogP contribution in [-0.4, -0.2) is 48.4 Å². The van der Waals surface area contributed by atoms with E-state index >= 15 is 0 Å².